The number of aliphatic carboxylic acids is 1. The van der Waals surface area contributed by atoms with E-state index in [4.69, 9.17) is 5.11 Å². The van der Waals surface area contributed by atoms with Crippen molar-refractivity contribution in [1.82, 2.24) is 9.88 Å². The van der Waals surface area contributed by atoms with Gasteiger partial charge < -0.3 is 5.11 Å². The topological polar surface area (TPSA) is 53.4 Å². The first-order valence-electron chi connectivity index (χ1n) is 6.52. The monoisotopic (exact) mass is 248 g/mol. The molecule has 1 unspecified atom stereocenters. The second-order valence-corrected chi connectivity index (χ2v) is 5.03. The maximum atomic E-state index is 10.7. The molecule has 1 aromatic heterocycles. The van der Waals surface area contributed by atoms with E-state index in [-0.39, 0.29) is 0 Å². The number of nitrogens with zero attached hydrogens (tertiary/aromatic N) is 2. The molecule has 2 heterocycles. The van der Waals surface area contributed by atoms with Crippen LogP contribution in [0.3, 0.4) is 0 Å². The zero-order valence-corrected chi connectivity index (χ0v) is 10.7. The molecule has 0 spiro atoms. The largest absolute Gasteiger partial charge is 0.481 e. The first kappa shape index (κ1) is 13.0. The van der Waals surface area contributed by atoms with Crippen LogP contribution in [-0.4, -0.2) is 34.0 Å². The summed E-state index contributed by atoms with van der Waals surface area (Å²) in [5.74, 6) is -0.320. The van der Waals surface area contributed by atoms with Crippen molar-refractivity contribution in [2.75, 3.05) is 13.1 Å². The van der Waals surface area contributed by atoms with E-state index in [0.717, 1.165) is 25.9 Å². The minimum Gasteiger partial charge on any atom is -0.481 e. The van der Waals surface area contributed by atoms with Gasteiger partial charge in [-0.05, 0) is 56.5 Å². The molecule has 1 fully saturated rings. The fraction of sp³-hybridized carbons (Fsp3) is 0.571. The Labute approximate surface area is 108 Å². The van der Waals surface area contributed by atoms with E-state index in [9.17, 15) is 4.79 Å². The molecule has 98 valence electrons. The van der Waals surface area contributed by atoms with Crippen LogP contribution in [0.1, 0.15) is 37.8 Å². The van der Waals surface area contributed by atoms with Gasteiger partial charge in [0.2, 0.25) is 0 Å². The second kappa shape index (κ2) is 5.96. The van der Waals surface area contributed by atoms with Crippen molar-refractivity contribution in [3.63, 3.8) is 0 Å². The van der Waals surface area contributed by atoms with Crippen molar-refractivity contribution in [3.8, 4) is 0 Å². The molecule has 0 saturated carbocycles. The van der Waals surface area contributed by atoms with Gasteiger partial charge in [0, 0.05) is 24.9 Å². The first-order valence-corrected chi connectivity index (χ1v) is 6.52. The smallest absolute Gasteiger partial charge is 0.303 e. The number of carbonyl (C=O) groups is 1. The maximum Gasteiger partial charge on any atom is 0.303 e. The molecule has 1 aliphatic heterocycles. The van der Waals surface area contributed by atoms with Crippen LogP contribution in [0.5, 0.6) is 0 Å². The lowest BCUT2D eigenvalue weighted by atomic mass is 9.92. The number of piperidine rings is 1. The third-order valence-corrected chi connectivity index (χ3v) is 3.85. The lowest BCUT2D eigenvalue weighted by Crippen LogP contribution is -2.36. The Hall–Kier alpha value is -1.42. The fourth-order valence-electron chi connectivity index (χ4n) is 2.64. The van der Waals surface area contributed by atoms with Gasteiger partial charge in [0.05, 0.1) is 0 Å². The van der Waals surface area contributed by atoms with Gasteiger partial charge in [-0.25, -0.2) is 0 Å². The minimum absolute atomic E-state index is 0.317. The number of aromatic nitrogens is 1. The summed E-state index contributed by atoms with van der Waals surface area (Å²) in [7, 11) is 0. The van der Waals surface area contributed by atoms with Gasteiger partial charge in [0.15, 0.2) is 0 Å². The average molecular weight is 248 g/mol. The summed E-state index contributed by atoms with van der Waals surface area (Å²) in [4.78, 5) is 17.1. The fourth-order valence-corrected chi connectivity index (χ4v) is 2.64. The number of carboxylic acid groups (broad SMARTS) is 1. The van der Waals surface area contributed by atoms with Crippen LogP contribution in [0.2, 0.25) is 0 Å². The van der Waals surface area contributed by atoms with Crippen molar-refractivity contribution >= 4 is 5.97 Å². The molecule has 2 rings (SSSR count). The Balaban J connectivity index is 1.88. The van der Waals surface area contributed by atoms with Gasteiger partial charge >= 0.3 is 5.97 Å². The summed E-state index contributed by atoms with van der Waals surface area (Å²) >= 11 is 0. The third-order valence-electron chi connectivity index (χ3n) is 3.85. The highest BCUT2D eigenvalue weighted by molar-refractivity contribution is 5.67. The predicted molar refractivity (Wildman–Crippen MR) is 69.2 cm³/mol. The van der Waals surface area contributed by atoms with Crippen LogP contribution in [-0.2, 0) is 4.79 Å². The molecule has 4 nitrogen and oxygen atoms in total. The Morgan fingerprint density at radius 1 is 1.44 bits per heavy atom. The van der Waals surface area contributed by atoms with Gasteiger partial charge in [-0.1, -0.05) is 0 Å². The zero-order chi connectivity index (χ0) is 13.0. The Morgan fingerprint density at radius 3 is 2.61 bits per heavy atom. The first-order chi connectivity index (χ1) is 8.66. The minimum atomic E-state index is -0.671. The van der Waals surface area contributed by atoms with Gasteiger partial charge in [0.25, 0.3) is 0 Å². The summed E-state index contributed by atoms with van der Waals surface area (Å²) in [5.41, 5.74) is 1.28. The highest BCUT2D eigenvalue weighted by Crippen LogP contribution is 2.27. The number of rotatable bonds is 4. The molecule has 1 atom stereocenters. The molecule has 0 aliphatic carbocycles. The van der Waals surface area contributed by atoms with Gasteiger partial charge in [0.1, 0.15) is 0 Å². The van der Waals surface area contributed by atoms with Crippen LogP contribution < -0.4 is 0 Å². The molecule has 0 radical (unpaired) electrons. The molecule has 0 bridgehead atoms. The normalized spacial score (nSPS) is 19.6. The molecular weight excluding hydrogens is 228 g/mol. The van der Waals surface area contributed by atoms with Crippen molar-refractivity contribution < 1.29 is 9.90 Å². The number of hydrogen-bond donors (Lipinski definition) is 1. The molecule has 1 N–H and O–H groups in total. The standard InChI is InChI=1S/C14H20N2O2/c1-11(13-2-6-15-7-3-13)16-8-4-12(5-9-16)10-14(17)18/h2-3,6-7,11-12H,4-5,8-10H2,1H3,(H,17,18). The number of pyridine rings is 1. The Morgan fingerprint density at radius 2 is 2.06 bits per heavy atom. The van der Waals surface area contributed by atoms with E-state index >= 15 is 0 Å². The van der Waals surface area contributed by atoms with Crippen LogP contribution in [0, 0.1) is 5.92 Å². The van der Waals surface area contributed by atoms with Crippen molar-refractivity contribution in [3.05, 3.63) is 30.1 Å². The van der Waals surface area contributed by atoms with Gasteiger partial charge in [-0.15, -0.1) is 0 Å². The maximum absolute atomic E-state index is 10.7. The van der Waals surface area contributed by atoms with Crippen LogP contribution in [0.25, 0.3) is 0 Å². The summed E-state index contributed by atoms with van der Waals surface area (Å²) < 4.78 is 0. The summed E-state index contributed by atoms with van der Waals surface area (Å²) in [5, 5.41) is 8.80. The number of carboxylic acids is 1. The number of hydrogen-bond acceptors (Lipinski definition) is 3. The van der Waals surface area contributed by atoms with Crippen molar-refractivity contribution in [2.45, 2.75) is 32.2 Å². The summed E-state index contributed by atoms with van der Waals surface area (Å²) in [6.45, 7) is 4.18. The van der Waals surface area contributed by atoms with E-state index in [2.05, 4.69) is 16.8 Å². The molecule has 4 heteroatoms. The van der Waals surface area contributed by atoms with Gasteiger partial charge in [-0.2, -0.15) is 0 Å². The highest BCUT2D eigenvalue weighted by atomic mass is 16.4. The molecule has 0 amide bonds. The molecular formula is C14H20N2O2. The molecule has 1 aromatic rings. The predicted octanol–water partition coefficient (Wildman–Crippen LogP) is 2.33. The molecule has 1 aliphatic rings. The van der Waals surface area contributed by atoms with Gasteiger partial charge in [-0.3, -0.25) is 14.7 Å². The second-order valence-electron chi connectivity index (χ2n) is 5.03. The highest BCUT2D eigenvalue weighted by Gasteiger charge is 2.24. The van der Waals surface area contributed by atoms with E-state index in [1.165, 1.54) is 5.56 Å². The molecule has 18 heavy (non-hydrogen) atoms. The number of likely N-dealkylation sites (tertiary alicyclic amines) is 1. The van der Waals surface area contributed by atoms with Crippen molar-refractivity contribution in [1.29, 1.82) is 0 Å². The molecule has 1 saturated heterocycles. The van der Waals surface area contributed by atoms with Crippen LogP contribution >= 0.6 is 0 Å². The lowest BCUT2D eigenvalue weighted by molar-refractivity contribution is -0.138. The van der Waals surface area contributed by atoms with Crippen LogP contribution in [0.4, 0.5) is 0 Å². The zero-order valence-electron chi connectivity index (χ0n) is 10.7. The SMILES string of the molecule is CC(c1ccncc1)N1CCC(CC(=O)O)CC1. The quantitative estimate of drug-likeness (QED) is 0.888. The van der Waals surface area contributed by atoms with E-state index in [0.29, 0.717) is 18.4 Å². The molecule has 0 aromatic carbocycles. The summed E-state index contributed by atoms with van der Waals surface area (Å²) in [6.07, 6.45) is 5.94. The Bertz CT molecular complexity index is 386. The lowest BCUT2D eigenvalue weighted by Gasteiger charge is -2.35. The van der Waals surface area contributed by atoms with Crippen molar-refractivity contribution in [2.24, 2.45) is 5.92 Å². The summed E-state index contributed by atoms with van der Waals surface area (Å²) in [6, 6.07) is 4.49. The van der Waals surface area contributed by atoms with Crippen LogP contribution in [0.15, 0.2) is 24.5 Å². The average Bonchev–Trinajstić information content (AvgIpc) is 2.39. The van der Waals surface area contributed by atoms with E-state index < -0.39 is 5.97 Å². The third kappa shape index (κ3) is 3.29. The van der Waals surface area contributed by atoms with E-state index in [1.807, 2.05) is 24.5 Å². The Kier molecular flexibility index (Phi) is 4.31. The van der Waals surface area contributed by atoms with E-state index in [1.54, 1.807) is 0 Å².